The molecule has 2 aromatic rings. The maximum absolute atomic E-state index is 13.3. The van der Waals surface area contributed by atoms with Crippen LogP contribution in [0.5, 0.6) is 0 Å². The molecule has 0 saturated carbocycles. The molecule has 1 N–H and O–H groups in total. The molecular formula is C15H18BrFN2O. The Labute approximate surface area is 126 Å². The monoisotopic (exact) mass is 340 g/mol. The standard InChI is InChI=1S/C15H18BrFN2O/c1-19(2)14(11-4-3-5-12(17)8-11)10-18-9-13-6-7-15(16)20-13/h3-8,14,18H,9-10H2,1-2H3. The SMILES string of the molecule is CN(C)C(CNCc1ccc(Br)o1)c1cccc(F)c1. The first kappa shape index (κ1) is 15.2. The zero-order chi connectivity index (χ0) is 14.5. The van der Waals surface area contributed by atoms with Crippen LogP contribution in [0.1, 0.15) is 17.4 Å². The molecular weight excluding hydrogens is 323 g/mol. The van der Waals surface area contributed by atoms with Crippen LogP contribution >= 0.6 is 15.9 Å². The van der Waals surface area contributed by atoms with E-state index in [1.807, 2.05) is 32.3 Å². The van der Waals surface area contributed by atoms with Crippen molar-refractivity contribution >= 4 is 15.9 Å². The Hall–Kier alpha value is -1.17. The summed E-state index contributed by atoms with van der Waals surface area (Å²) >= 11 is 3.28. The van der Waals surface area contributed by atoms with Crippen molar-refractivity contribution in [1.82, 2.24) is 10.2 Å². The second-order valence-corrected chi connectivity index (χ2v) is 5.65. The Bertz CT molecular complexity index is 556. The molecule has 0 saturated heterocycles. The van der Waals surface area contributed by atoms with Gasteiger partial charge in [-0.05, 0) is 59.9 Å². The van der Waals surface area contributed by atoms with E-state index < -0.39 is 0 Å². The molecule has 1 aromatic carbocycles. The van der Waals surface area contributed by atoms with E-state index in [0.29, 0.717) is 6.54 Å². The number of halogens is 2. The minimum Gasteiger partial charge on any atom is -0.453 e. The molecule has 0 aliphatic carbocycles. The molecule has 5 heteroatoms. The third-order valence-corrected chi connectivity index (χ3v) is 3.55. The van der Waals surface area contributed by atoms with E-state index in [4.69, 9.17) is 4.42 Å². The molecule has 0 fully saturated rings. The van der Waals surface area contributed by atoms with Gasteiger partial charge in [-0.2, -0.15) is 0 Å². The van der Waals surface area contributed by atoms with E-state index in [1.165, 1.54) is 6.07 Å². The number of hydrogen-bond acceptors (Lipinski definition) is 3. The average molecular weight is 341 g/mol. The van der Waals surface area contributed by atoms with Gasteiger partial charge in [-0.1, -0.05) is 12.1 Å². The number of furan rings is 1. The van der Waals surface area contributed by atoms with E-state index in [9.17, 15) is 4.39 Å². The van der Waals surface area contributed by atoms with Crippen LogP contribution < -0.4 is 5.32 Å². The Balaban J connectivity index is 1.96. The molecule has 0 aliphatic rings. The molecule has 0 amide bonds. The highest BCUT2D eigenvalue weighted by molar-refractivity contribution is 9.10. The van der Waals surface area contributed by atoms with Crippen molar-refractivity contribution in [2.24, 2.45) is 0 Å². The zero-order valence-corrected chi connectivity index (χ0v) is 13.2. The fourth-order valence-corrected chi connectivity index (χ4v) is 2.43. The third kappa shape index (κ3) is 4.16. The van der Waals surface area contributed by atoms with Gasteiger partial charge < -0.3 is 14.6 Å². The highest BCUT2D eigenvalue weighted by Gasteiger charge is 2.14. The smallest absolute Gasteiger partial charge is 0.169 e. The highest BCUT2D eigenvalue weighted by atomic mass is 79.9. The summed E-state index contributed by atoms with van der Waals surface area (Å²) in [5, 5.41) is 3.34. The van der Waals surface area contributed by atoms with E-state index in [1.54, 1.807) is 12.1 Å². The second-order valence-electron chi connectivity index (χ2n) is 4.87. The number of hydrogen-bond donors (Lipinski definition) is 1. The van der Waals surface area contributed by atoms with Crippen LogP contribution in [0, 0.1) is 5.82 Å². The maximum atomic E-state index is 13.3. The van der Waals surface area contributed by atoms with Crippen LogP contribution in [0.4, 0.5) is 4.39 Å². The van der Waals surface area contributed by atoms with Gasteiger partial charge in [0.2, 0.25) is 0 Å². The number of nitrogens with zero attached hydrogens (tertiary/aromatic N) is 1. The van der Waals surface area contributed by atoms with Gasteiger partial charge in [0.15, 0.2) is 4.67 Å². The van der Waals surface area contributed by atoms with Gasteiger partial charge in [0, 0.05) is 12.6 Å². The molecule has 1 heterocycles. The van der Waals surface area contributed by atoms with Gasteiger partial charge in [-0.15, -0.1) is 0 Å². The van der Waals surface area contributed by atoms with Crippen molar-refractivity contribution in [2.45, 2.75) is 12.6 Å². The van der Waals surface area contributed by atoms with E-state index in [2.05, 4.69) is 26.1 Å². The summed E-state index contributed by atoms with van der Waals surface area (Å²) in [6, 6.07) is 10.6. The van der Waals surface area contributed by atoms with Gasteiger partial charge in [-0.3, -0.25) is 0 Å². The fourth-order valence-electron chi connectivity index (χ4n) is 2.09. The zero-order valence-electron chi connectivity index (χ0n) is 11.6. The topological polar surface area (TPSA) is 28.4 Å². The predicted molar refractivity (Wildman–Crippen MR) is 80.9 cm³/mol. The van der Waals surface area contributed by atoms with Gasteiger partial charge >= 0.3 is 0 Å². The molecule has 108 valence electrons. The van der Waals surface area contributed by atoms with Crippen molar-refractivity contribution in [3.8, 4) is 0 Å². The maximum Gasteiger partial charge on any atom is 0.169 e. The summed E-state index contributed by atoms with van der Waals surface area (Å²) in [6.45, 7) is 1.36. The third-order valence-electron chi connectivity index (χ3n) is 3.12. The number of nitrogens with one attached hydrogen (secondary N) is 1. The average Bonchev–Trinajstić information content (AvgIpc) is 2.80. The Kier molecular flexibility index (Phi) is 5.34. The predicted octanol–water partition coefficient (Wildman–Crippen LogP) is 3.57. The molecule has 1 aromatic heterocycles. The molecule has 0 bridgehead atoms. The summed E-state index contributed by atoms with van der Waals surface area (Å²) in [7, 11) is 3.97. The van der Waals surface area contributed by atoms with Gasteiger partial charge in [0.05, 0.1) is 6.54 Å². The van der Waals surface area contributed by atoms with Crippen LogP contribution in [0.15, 0.2) is 45.5 Å². The molecule has 20 heavy (non-hydrogen) atoms. The van der Waals surface area contributed by atoms with E-state index >= 15 is 0 Å². The minimum atomic E-state index is -0.204. The fraction of sp³-hybridized carbons (Fsp3) is 0.333. The van der Waals surface area contributed by atoms with Gasteiger partial charge in [0.1, 0.15) is 11.6 Å². The van der Waals surface area contributed by atoms with Crippen molar-refractivity contribution in [3.05, 3.63) is 58.2 Å². The second kappa shape index (κ2) is 7.02. The largest absolute Gasteiger partial charge is 0.453 e. The lowest BCUT2D eigenvalue weighted by Crippen LogP contribution is -2.30. The van der Waals surface area contributed by atoms with Gasteiger partial charge in [0.25, 0.3) is 0 Å². The first-order chi connectivity index (χ1) is 9.56. The van der Waals surface area contributed by atoms with Gasteiger partial charge in [-0.25, -0.2) is 4.39 Å². The Morgan fingerprint density at radius 2 is 2.10 bits per heavy atom. The van der Waals surface area contributed by atoms with Crippen molar-refractivity contribution in [2.75, 3.05) is 20.6 Å². The lowest BCUT2D eigenvalue weighted by Gasteiger charge is -2.25. The number of likely N-dealkylation sites (N-methyl/N-ethyl adjacent to an activating group) is 1. The summed E-state index contributed by atoms with van der Waals surface area (Å²) in [6.07, 6.45) is 0. The molecule has 3 nitrogen and oxygen atoms in total. The van der Waals surface area contributed by atoms with Crippen LogP contribution in [0.25, 0.3) is 0 Å². The molecule has 0 aliphatic heterocycles. The van der Waals surface area contributed by atoms with Crippen LogP contribution in [-0.2, 0) is 6.54 Å². The highest BCUT2D eigenvalue weighted by Crippen LogP contribution is 2.19. The molecule has 0 spiro atoms. The summed E-state index contributed by atoms with van der Waals surface area (Å²) in [5.41, 5.74) is 0.961. The lowest BCUT2D eigenvalue weighted by molar-refractivity contribution is 0.284. The Morgan fingerprint density at radius 1 is 1.30 bits per heavy atom. The summed E-state index contributed by atoms with van der Waals surface area (Å²) in [4.78, 5) is 2.07. The van der Waals surface area contributed by atoms with Crippen LogP contribution in [0.3, 0.4) is 0 Å². The van der Waals surface area contributed by atoms with Crippen molar-refractivity contribution in [1.29, 1.82) is 0 Å². The van der Waals surface area contributed by atoms with E-state index in [-0.39, 0.29) is 11.9 Å². The molecule has 1 atom stereocenters. The van der Waals surface area contributed by atoms with Crippen LogP contribution in [-0.4, -0.2) is 25.5 Å². The molecule has 0 radical (unpaired) electrons. The minimum absolute atomic E-state index is 0.115. The van der Waals surface area contributed by atoms with Crippen molar-refractivity contribution in [3.63, 3.8) is 0 Å². The first-order valence-corrected chi connectivity index (χ1v) is 7.22. The summed E-state index contributed by atoms with van der Waals surface area (Å²) < 4.78 is 19.5. The molecule has 1 unspecified atom stereocenters. The number of rotatable bonds is 6. The Morgan fingerprint density at radius 3 is 2.70 bits per heavy atom. The van der Waals surface area contributed by atoms with Crippen LogP contribution in [0.2, 0.25) is 0 Å². The van der Waals surface area contributed by atoms with Crippen molar-refractivity contribution < 1.29 is 8.81 Å². The summed E-state index contributed by atoms with van der Waals surface area (Å²) in [5.74, 6) is 0.665. The first-order valence-electron chi connectivity index (χ1n) is 6.43. The normalized spacial score (nSPS) is 12.8. The van der Waals surface area contributed by atoms with E-state index in [0.717, 1.165) is 22.5 Å². The quantitative estimate of drug-likeness (QED) is 0.871. The number of benzene rings is 1. The molecule has 2 rings (SSSR count). The lowest BCUT2D eigenvalue weighted by atomic mass is 10.1.